The molecule has 4 fully saturated rings. The molecule has 4 saturated carbocycles. The smallest absolute Gasteiger partial charge is 0.353 e. The lowest BCUT2D eigenvalue weighted by Crippen LogP contribution is -2.75. The minimum absolute atomic E-state index is 0.0266. The number of benzene rings is 1. The number of nitrogens with one attached hydrogen (secondary N) is 1. The lowest BCUT2D eigenvalue weighted by atomic mass is 9.38. The standard InChI is InChI=1S/C24H26ClF2NO6/c1-22(26,27)34-16-5-15(6-16)32-9-14(29)8-23-10-24(11-23,12-23)28-21(31)20-7-18(30)17-4-13(25)2-3-19(17)33-20/h2-4,15-16,20H,5-12H2,1H3,(H,28,31)/t15?,16?,20-,23?,24?/m1/s1. The van der Waals surface area contributed by atoms with Gasteiger partial charge in [-0.3, -0.25) is 14.4 Å². The molecule has 184 valence electrons. The van der Waals surface area contributed by atoms with Crippen molar-refractivity contribution in [1.29, 1.82) is 0 Å². The van der Waals surface area contributed by atoms with Crippen LogP contribution in [0.4, 0.5) is 8.78 Å². The van der Waals surface area contributed by atoms with Gasteiger partial charge in [0, 0.05) is 36.7 Å². The fraction of sp³-hybridized carbons (Fsp3) is 0.625. The Morgan fingerprint density at radius 3 is 2.62 bits per heavy atom. The number of hydrogen-bond donors (Lipinski definition) is 1. The first kappa shape index (κ1) is 23.6. The molecule has 1 N–H and O–H groups in total. The van der Waals surface area contributed by atoms with Gasteiger partial charge in [-0.05, 0) is 42.9 Å². The molecule has 1 amide bonds. The molecular weight excluding hydrogens is 472 g/mol. The maximum atomic E-state index is 12.8. The molecule has 0 aromatic heterocycles. The highest BCUT2D eigenvalue weighted by molar-refractivity contribution is 6.31. The maximum absolute atomic E-state index is 12.8. The van der Waals surface area contributed by atoms with Crippen molar-refractivity contribution in [3.8, 4) is 5.75 Å². The average Bonchev–Trinajstić information content (AvgIpc) is 2.66. The number of alkyl halides is 2. The topological polar surface area (TPSA) is 90.9 Å². The maximum Gasteiger partial charge on any atom is 0.353 e. The summed E-state index contributed by atoms with van der Waals surface area (Å²) in [5.41, 5.74) is -0.0695. The second-order valence-corrected chi connectivity index (χ2v) is 10.8. The van der Waals surface area contributed by atoms with Gasteiger partial charge in [0.1, 0.15) is 12.4 Å². The number of hydrogen-bond acceptors (Lipinski definition) is 6. The number of amides is 1. The lowest BCUT2D eigenvalue weighted by molar-refractivity contribution is -0.275. The lowest BCUT2D eigenvalue weighted by Gasteiger charge is -2.70. The summed E-state index contributed by atoms with van der Waals surface area (Å²) in [4.78, 5) is 37.5. The number of carbonyl (C=O) groups is 3. The summed E-state index contributed by atoms with van der Waals surface area (Å²) in [6.45, 7) is 0.670. The zero-order chi connectivity index (χ0) is 24.3. The Morgan fingerprint density at radius 1 is 1.24 bits per heavy atom. The fourth-order valence-corrected chi connectivity index (χ4v) is 6.00. The van der Waals surface area contributed by atoms with E-state index in [1.807, 2.05) is 0 Å². The fourth-order valence-electron chi connectivity index (χ4n) is 5.82. The van der Waals surface area contributed by atoms with Crippen LogP contribution < -0.4 is 10.1 Å². The van der Waals surface area contributed by atoms with Crippen molar-refractivity contribution in [2.24, 2.45) is 5.41 Å². The summed E-state index contributed by atoms with van der Waals surface area (Å²) in [6, 6.07) is 4.74. The van der Waals surface area contributed by atoms with E-state index in [9.17, 15) is 23.2 Å². The van der Waals surface area contributed by atoms with Gasteiger partial charge < -0.3 is 19.5 Å². The van der Waals surface area contributed by atoms with E-state index in [2.05, 4.69) is 10.1 Å². The second kappa shape index (κ2) is 8.24. The molecule has 1 aromatic rings. The van der Waals surface area contributed by atoms with Crippen LogP contribution in [0.5, 0.6) is 5.75 Å². The van der Waals surface area contributed by atoms with Gasteiger partial charge in [0.25, 0.3) is 5.91 Å². The number of carbonyl (C=O) groups excluding carboxylic acids is 3. The molecule has 7 nitrogen and oxygen atoms in total. The number of fused-ring (bicyclic) bond motifs is 1. The third-order valence-corrected chi connectivity index (χ3v) is 7.42. The van der Waals surface area contributed by atoms with Gasteiger partial charge in [-0.1, -0.05) is 11.6 Å². The first-order valence-corrected chi connectivity index (χ1v) is 11.8. The van der Waals surface area contributed by atoms with Crippen LogP contribution in [0.1, 0.15) is 62.2 Å². The number of ketones is 2. The van der Waals surface area contributed by atoms with Crippen LogP contribution in [0.3, 0.4) is 0 Å². The molecule has 6 rings (SSSR count). The molecule has 2 bridgehead atoms. The van der Waals surface area contributed by atoms with E-state index in [1.54, 1.807) is 18.2 Å². The molecular formula is C24H26ClF2NO6. The molecule has 0 spiro atoms. The van der Waals surface area contributed by atoms with E-state index >= 15 is 0 Å². The van der Waals surface area contributed by atoms with Gasteiger partial charge in [0.2, 0.25) is 0 Å². The Bertz CT molecular complexity index is 1020. The summed E-state index contributed by atoms with van der Waals surface area (Å²) in [5.74, 6) is -0.179. The Kier molecular flexibility index (Phi) is 5.73. The molecule has 0 saturated heterocycles. The third-order valence-electron chi connectivity index (χ3n) is 7.18. The van der Waals surface area contributed by atoms with E-state index in [4.69, 9.17) is 21.1 Å². The summed E-state index contributed by atoms with van der Waals surface area (Å²) >= 11 is 5.93. The first-order chi connectivity index (χ1) is 15.9. The van der Waals surface area contributed by atoms with Gasteiger partial charge in [-0.2, -0.15) is 8.78 Å². The number of Topliss-reactive ketones (excluding diaryl/α,β-unsaturated/α-hetero) is 2. The highest BCUT2D eigenvalue weighted by Gasteiger charge is 2.68. The van der Waals surface area contributed by atoms with Crippen LogP contribution in [-0.2, 0) is 19.1 Å². The van der Waals surface area contributed by atoms with Crippen LogP contribution in [0.25, 0.3) is 0 Å². The van der Waals surface area contributed by atoms with Crippen molar-refractivity contribution in [2.45, 2.75) is 81.8 Å². The van der Waals surface area contributed by atoms with Crippen LogP contribution >= 0.6 is 11.6 Å². The van der Waals surface area contributed by atoms with Gasteiger partial charge in [0.15, 0.2) is 17.7 Å². The van der Waals surface area contributed by atoms with Gasteiger partial charge in [-0.25, -0.2) is 0 Å². The van der Waals surface area contributed by atoms with E-state index in [-0.39, 0.29) is 47.6 Å². The van der Waals surface area contributed by atoms with Crippen LogP contribution in [0.15, 0.2) is 18.2 Å². The first-order valence-electron chi connectivity index (χ1n) is 11.4. The molecule has 5 aliphatic rings. The summed E-state index contributed by atoms with van der Waals surface area (Å²) in [5, 5.41) is 3.46. The summed E-state index contributed by atoms with van der Waals surface area (Å²) in [6.07, 6.45) is -1.64. The minimum Gasteiger partial charge on any atom is -0.479 e. The van der Waals surface area contributed by atoms with Crippen molar-refractivity contribution >= 4 is 29.1 Å². The van der Waals surface area contributed by atoms with Crippen molar-refractivity contribution < 1.29 is 37.4 Å². The van der Waals surface area contributed by atoms with Crippen molar-refractivity contribution in [2.75, 3.05) is 6.61 Å². The molecule has 1 heterocycles. The Hall–Kier alpha value is -2.10. The average molecular weight is 498 g/mol. The quantitative estimate of drug-likeness (QED) is 0.557. The van der Waals surface area contributed by atoms with Crippen LogP contribution in [-0.4, -0.2) is 54.0 Å². The SMILES string of the molecule is CC(F)(F)OC1CC(OCC(=O)CC23CC(NC(=O)[C@H]4CC(=O)c5cc(Cl)ccc5O4)(C2)C3)C1. The number of ether oxygens (including phenoxy) is 3. The molecule has 4 aliphatic carbocycles. The van der Waals surface area contributed by atoms with Gasteiger partial charge >= 0.3 is 6.11 Å². The Labute approximate surface area is 200 Å². The van der Waals surface area contributed by atoms with E-state index < -0.39 is 18.3 Å². The highest BCUT2D eigenvalue weighted by Crippen LogP contribution is 2.69. The third kappa shape index (κ3) is 4.70. The molecule has 0 radical (unpaired) electrons. The molecule has 1 aromatic carbocycles. The molecule has 0 unspecified atom stereocenters. The minimum atomic E-state index is -3.15. The van der Waals surface area contributed by atoms with Crippen molar-refractivity contribution in [3.63, 3.8) is 0 Å². The van der Waals surface area contributed by atoms with E-state index in [1.165, 1.54) is 0 Å². The van der Waals surface area contributed by atoms with Crippen LogP contribution in [0.2, 0.25) is 5.02 Å². The molecule has 34 heavy (non-hydrogen) atoms. The van der Waals surface area contributed by atoms with Crippen LogP contribution in [0, 0.1) is 5.41 Å². The summed E-state index contributed by atoms with van der Waals surface area (Å²) < 4.78 is 41.4. The summed E-state index contributed by atoms with van der Waals surface area (Å²) in [7, 11) is 0. The predicted molar refractivity (Wildman–Crippen MR) is 116 cm³/mol. The highest BCUT2D eigenvalue weighted by atomic mass is 35.5. The largest absolute Gasteiger partial charge is 0.479 e. The zero-order valence-electron chi connectivity index (χ0n) is 18.7. The predicted octanol–water partition coefficient (Wildman–Crippen LogP) is 3.85. The Balaban J connectivity index is 1.03. The van der Waals surface area contributed by atoms with Gasteiger partial charge in [-0.15, -0.1) is 0 Å². The zero-order valence-corrected chi connectivity index (χ0v) is 19.5. The van der Waals surface area contributed by atoms with Gasteiger partial charge in [0.05, 0.1) is 24.2 Å². The Morgan fingerprint density at radius 2 is 1.94 bits per heavy atom. The monoisotopic (exact) mass is 497 g/mol. The molecule has 1 atom stereocenters. The number of halogens is 3. The number of rotatable bonds is 9. The van der Waals surface area contributed by atoms with Crippen molar-refractivity contribution in [3.05, 3.63) is 28.8 Å². The second-order valence-electron chi connectivity index (χ2n) is 10.3. The molecule has 10 heteroatoms. The van der Waals surface area contributed by atoms with E-state index in [0.717, 1.165) is 0 Å². The normalized spacial score (nSPS) is 33.5. The molecule has 1 aliphatic heterocycles. The van der Waals surface area contributed by atoms with E-state index in [0.29, 0.717) is 61.8 Å². The van der Waals surface area contributed by atoms with Crippen molar-refractivity contribution in [1.82, 2.24) is 5.32 Å².